The van der Waals surface area contributed by atoms with Crippen LogP contribution in [0.2, 0.25) is 5.02 Å². The molecule has 0 aliphatic carbocycles. The van der Waals surface area contributed by atoms with Crippen molar-refractivity contribution in [1.82, 2.24) is 14.9 Å². The van der Waals surface area contributed by atoms with Crippen LogP contribution in [-0.4, -0.2) is 21.1 Å². The monoisotopic (exact) mass is 386 g/mol. The summed E-state index contributed by atoms with van der Waals surface area (Å²) in [4.78, 5) is 0. The topological polar surface area (TPSA) is 55.2 Å². The van der Waals surface area contributed by atoms with Crippen molar-refractivity contribution in [2.24, 2.45) is 5.10 Å². The minimum atomic E-state index is 0.244. The van der Waals surface area contributed by atoms with Crippen molar-refractivity contribution in [3.05, 3.63) is 75.3 Å². The van der Waals surface area contributed by atoms with E-state index in [0.717, 1.165) is 11.3 Å². The molecule has 1 heterocycles. The van der Waals surface area contributed by atoms with Crippen LogP contribution >= 0.6 is 23.8 Å². The maximum Gasteiger partial charge on any atom is 0.216 e. The lowest BCUT2D eigenvalue weighted by Crippen LogP contribution is -2.04. The lowest BCUT2D eigenvalue weighted by atomic mass is 10.0. The summed E-state index contributed by atoms with van der Waals surface area (Å²) in [5, 5.41) is 11.9. The Morgan fingerprint density at radius 1 is 1.23 bits per heavy atom. The Hall–Kier alpha value is -2.44. The van der Waals surface area contributed by atoms with E-state index < -0.39 is 0 Å². The molecule has 5 nitrogen and oxygen atoms in total. The van der Waals surface area contributed by atoms with Crippen LogP contribution in [0.1, 0.15) is 36.7 Å². The van der Waals surface area contributed by atoms with Crippen LogP contribution in [0.15, 0.2) is 53.6 Å². The van der Waals surface area contributed by atoms with Crippen LogP contribution in [0.3, 0.4) is 0 Å². The van der Waals surface area contributed by atoms with E-state index in [1.54, 1.807) is 6.21 Å². The van der Waals surface area contributed by atoms with Crippen LogP contribution in [0.4, 0.5) is 0 Å². The zero-order chi connectivity index (χ0) is 18.5. The van der Waals surface area contributed by atoms with E-state index in [-0.39, 0.29) is 6.61 Å². The van der Waals surface area contributed by atoms with Gasteiger partial charge in [0.15, 0.2) is 5.82 Å². The first-order valence-corrected chi connectivity index (χ1v) is 9.01. The van der Waals surface area contributed by atoms with Crippen molar-refractivity contribution in [1.29, 1.82) is 0 Å². The number of ether oxygens (including phenoxy) is 1. The largest absolute Gasteiger partial charge is 0.486 e. The van der Waals surface area contributed by atoms with E-state index in [1.165, 1.54) is 10.2 Å². The van der Waals surface area contributed by atoms with Gasteiger partial charge >= 0.3 is 0 Å². The smallest absolute Gasteiger partial charge is 0.216 e. The molecule has 0 saturated carbocycles. The fourth-order valence-electron chi connectivity index (χ4n) is 2.33. The van der Waals surface area contributed by atoms with Crippen LogP contribution in [-0.2, 0) is 6.61 Å². The maximum atomic E-state index is 6.15. The maximum absolute atomic E-state index is 6.15. The summed E-state index contributed by atoms with van der Waals surface area (Å²) in [6.45, 7) is 4.56. The third kappa shape index (κ3) is 4.39. The number of hydrogen-bond donors (Lipinski definition) is 1. The van der Waals surface area contributed by atoms with Crippen LogP contribution in [0, 0.1) is 4.77 Å². The number of benzene rings is 2. The second kappa shape index (κ2) is 8.29. The van der Waals surface area contributed by atoms with E-state index in [0.29, 0.717) is 21.5 Å². The summed E-state index contributed by atoms with van der Waals surface area (Å²) in [5.41, 5.74) is 2.07. The molecule has 0 unspecified atom stereocenters. The van der Waals surface area contributed by atoms with Gasteiger partial charge in [-0.2, -0.15) is 14.9 Å². The summed E-state index contributed by atoms with van der Waals surface area (Å²) in [6.07, 6.45) is 1.65. The second-order valence-electron chi connectivity index (χ2n) is 6.04. The Kier molecular flexibility index (Phi) is 5.85. The number of hydrogen-bond acceptors (Lipinski definition) is 4. The molecule has 26 heavy (non-hydrogen) atoms. The van der Waals surface area contributed by atoms with Gasteiger partial charge in [-0.05, 0) is 41.9 Å². The van der Waals surface area contributed by atoms with Gasteiger partial charge in [0.05, 0.1) is 6.21 Å². The van der Waals surface area contributed by atoms with Crippen molar-refractivity contribution in [3.8, 4) is 5.75 Å². The highest BCUT2D eigenvalue weighted by atomic mass is 35.5. The number of nitrogens with one attached hydrogen (secondary N) is 1. The lowest BCUT2D eigenvalue weighted by Gasteiger charge is -2.08. The van der Waals surface area contributed by atoms with Gasteiger partial charge in [0.2, 0.25) is 4.77 Å². The third-order valence-electron chi connectivity index (χ3n) is 3.85. The minimum Gasteiger partial charge on any atom is -0.486 e. The average Bonchev–Trinajstić information content (AvgIpc) is 2.99. The molecule has 1 aromatic heterocycles. The fraction of sp³-hybridized carbons (Fsp3) is 0.211. The van der Waals surface area contributed by atoms with E-state index in [4.69, 9.17) is 28.6 Å². The van der Waals surface area contributed by atoms with Gasteiger partial charge in [-0.1, -0.05) is 55.8 Å². The molecule has 2 aromatic carbocycles. The van der Waals surface area contributed by atoms with E-state index >= 15 is 0 Å². The molecule has 0 spiro atoms. The summed E-state index contributed by atoms with van der Waals surface area (Å²) in [6, 6.07) is 15.5. The van der Waals surface area contributed by atoms with Crippen molar-refractivity contribution < 1.29 is 4.74 Å². The molecule has 134 valence electrons. The van der Waals surface area contributed by atoms with E-state index in [2.05, 4.69) is 41.3 Å². The highest BCUT2D eigenvalue weighted by Crippen LogP contribution is 2.19. The summed E-state index contributed by atoms with van der Waals surface area (Å²) < 4.78 is 7.73. The number of halogens is 1. The van der Waals surface area contributed by atoms with Crippen LogP contribution in [0.25, 0.3) is 0 Å². The Labute approximate surface area is 162 Å². The molecule has 0 aliphatic rings. The van der Waals surface area contributed by atoms with Crippen molar-refractivity contribution in [3.63, 3.8) is 0 Å². The molecule has 0 fully saturated rings. The standard InChI is InChI=1S/C19H19ClN4OS/c1-13(2)14-7-9-16(10-8-14)25-12-18-22-23-19(26)24(18)21-11-15-5-3-4-6-17(15)20/h3-11,13H,12H2,1-2H3,(H,23,26)/b21-11-. The van der Waals surface area contributed by atoms with E-state index in [1.807, 2.05) is 36.4 Å². The predicted octanol–water partition coefficient (Wildman–Crippen LogP) is 5.18. The molecular weight excluding hydrogens is 368 g/mol. The zero-order valence-electron chi connectivity index (χ0n) is 14.5. The molecule has 0 saturated heterocycles. The van der Waals surface area contributed by atoms with Crippen LogP contribution in [0.5, 0.6) is 5.75 Å². The molecule has 7 heteroatoms. The molecular formula is C19H19ClN4OS. The van der Waals surface area contributed by atoms with Gasteiger partial charge < -0.3 is 4.74 Å². The zero-order valence-corrected chi connectivity index (χ0v) is 16.1. The van der Waals surface area contributed by atoms with Crippen molar-refractivity contribution >= 4 is 30.0 Å². The quantitative estimate of drug-likeness (QED) is 0.469. The molecule has 1 N–H and O–H groups in total. The minimum absolute atomic E-state index is 0.244. The SMILES string of the molecule is CC(C)c1ccc(OCc2n[nH]c(=S)n2/N=C\c2ccccc2Cl)cc1. The molecule has 0 aliphatic heterocycles. The van der Waals surface area contributed by atoms with Crippen LogP contribution < -0.4 is 4.74 Å². The Bertz CT molecular complexity index is 960. The summed E-state index contributed by atoms with van der Waals surface area (Å²) >= 11 is 11.4. The molecule has 0 radical (unpaired) electrons. The van der Waals surface area contributed by atoms with Gasteiger partial charge in [-0.3, -0.25) is 0 Å². The predicted molar refractivity (Wildman–Crippen MR) is 107 cm³/mol. The van der Waals surface area contributed by atoms with Gasteiger partial charge in [0.1, 0.15) is 12.4 Å². The molecule has 3 rings (SSSR count). The fourth-order valence-corrected chi connectivity index (χ4v) is 2.72. The number of aromatic nitrogens is 3. The number of nitrogens with zero attached hydrogens (tertiary/aromatic N) is 3. The molecule has 3 aromatic rings. The van der Waals surface area contributed by atoms with Gasteiger partial charge in [0.25, 0.3) is 0 Å². The van der Waals surface area contributed by atoms with Gasteiger partial charge in [-0.15, -0.1) is 0 Å². The van der Waals surface area contributed by atoms with Gasteiger partial charge in [-0.25, -0.2) is 5.10 Å². The molecule has 0 amide bonds. The second-order valence-corrected chi connectivity index (χ2v) is 6.83. The number of H-pyrrole nitrogens is 1. The first kappa shape index (κ1) is 18.4. The van der Waals surface area contributed by atoms with E-state index in [9.17, 15) is 0 Å². The first-order valence-electron chi connectivity index (χ1n) is 8.22. The first-order chi connectivity index (χ1) is 12.5. The third-order valence-corrected chi connectivity index (χ3v) is 4.46. The summed E-state index contributed by atoms with van der Waals surface area (Å²) in [7, 11) is 0. The Morgan fingerprint density at radius 2 is 1.96 bits per heavy atom. The summed E-state index contributed by atoms with van der Waals surface area (Å²) in [5.74, 6) is 1.83. The number of aromatic amines is 1. The highest BCUT2D eigenvalue weighted by Gasteiger charge is 2.07. The average molecular weight is 387 g/mol. The van der Waals surface area contributed by atoms with Crippen molar-refractivity contribution in [2.75, 3.05) is 0 Å². The number of rotatable bonds is 6. The normalized spacial score (nSPS) is 11.4. The van der Waals surface area contributed by atoms with Crippen molar-refractivity contribution in [2.45, 2.75) is 26.4 Å². The molecule has 0 bridgehead atoms. The van der Waals surface area contributed by atoms with Gasteiger partial charge in [0, 0.05) is 10.6 Å². The Balaban J connectivity index is 1.74. The highest BCUT2D eigenvalue weighted by molar-refractivity contribution is 7.71. The Morgan fingerprint density at radius 3 is 2.65 bits per heavy atom. The molecule has 0 atom stereocenters. The lowest BCUT2D eigenvalue weighted by molar-refractivity contribution is 0.290.